The fourth-order valence-corrected chi connectivity index (χ4v) is 3.78. The van der Waals surface area contributed by atoms with Gasteiger partial charge >= 0.3 is 0 Å². The van der Waals surface area contributed by atoms with E-state index < -0.39 is 0 Å². The molecule has 0 saturated carbocycles. The zero-order chi connectivity index (χ0) is 18.6. The number of imidazole rings is 1. The Morgan fingerprint density at radius 1 is 1.12 bits per heavy atom. The van der Waals surface area contributed by atoms with Crippen molar-refractivity contribution in [2.45, 2.75) is 57.1 Å². The number of nitrogens with zero attached hydrogens (tertiary/aromatic N) is 3. The molecule has 0 aliphatic carbocycles. The van der Waals surface area contributed by atoms with Crippen molar-refractivity contribution in [2.75, 3.05) is 7.11 Å². The van der Waals surface area contributed by atoms with Gasteiger partial charge in [-0.3, -0.25) is 9.36 Å². The van der Waals surface area contributed by atoms with Crippen molar-refractivity contribution < 1.29 is 9.53 Å². The van der Waals surface area contributed by atoms with Crippen LogP contribution in [0, 0.1) is 0 Å². The summed E-state index contributed by atoms with van der Waals surface area (Å²) in [5, 5.41) is 0.600. The smallest absolute Gasteiger partial charge is 0.236 e. The minimum absolute atomic E-state index is 0.138. The van der Waals surface area contributed by atoms with Crippen molar-refractivity contribution in [2.24, 2.45) is 0 Å². The Labute approximate surface area is 154 Å². The van der Waals surface area contributed by atoms with Gasteiger partial charge in [-0.25, -0.2) is 4.98 Å². The van der Waals surface area contributed by atoms with Gasteiger partial charge in [-0.1, -0.05) is 11.8 Å². The quantitative estimate of drug-likeness (QED) is 0.699. The summed E-state index contributed by atoms with van der Waals surface area (Å²) in [6, 6.07) is 8.14. The summed E-state index contributed by atoms with van der Waals surface area (Å²) in [7, 11) is 1.65. The first-order chi connectivity index (χ1) is 11.8. The summed E-state index contributed by atoms with van der Waals surface area (Å²) < 4.78 is 7.19. The van der Waals surface area contributed by atoms with Gasteiger partial charge in [-0.15, -0.1) is 0 Å². The normalized spacial score (nSPS) is 12.5. The molecule has 0 unspecified atom stereocenters. The van der Waals surface area contributed by atoms with Crippen LogP contribution in [0.25, 0.3) is 5.69 Å². The van der Waals surface area contributed by atoms with Crippen molar-refractivity contribution in [3.8, 4) is 11.4 Å². The van der Waals surface area contributed by atoms with Crippen molar-refractivity contribution in [1.82, 2.24) is 14.5 Å². The molecular formula is C19H27N3O2S. The number of amides is 1. The van der Waals surface area contributed by atoms with E-state index >= 15 is 0 Å². The highest BCUT2D eigenvalue weighted by Gasteiger charge is 2.26. The highest BCUT2D eigenvalue weighted by atomic mass is 32.2. The van der Waals surface area contributed by atoms with Crippen molar-refractivity contribution in [3.63, 3.8) is 0 Å². The molecule has 2 aromatic rings. The van der Waals surface area contributed by atoms with Gasteiger partial charge in [0.25, 0.3) is 0 Å². The molecule has 1 atom stereocenters. The second-order valence-electron chi connectivity index (χ2n) is 6.47. The molecule has 0 aliphatic heterocycles. The number of methoxy groups -OCH3 is 1. The molecule has 0 N–H and O–H groups in total. The molecule has 5 nitrogen and oxygen atoms in total. The predicted molar refractivity (Wildman–Crippen MR) is 103 cm³/mol. The van der Waals surface area contributed by atoms with Gasteiger partial charge in [0.2, 0.25) is 5.91 Å². The molecule has 136 valence electrons. The van der Waals surface area contributed by atoms with Gasteiger partial charge < -0.3 is 9.64 Å². The lowest BCUT2D eigenvalue weighted by Gasteiger charge is -2.32. The highest BCUT2D eigenvalue weighted by molar-refractivity contribution is 8.00. The number of rotatable bonds is 7. The van der Waals surface area contributed by atoms with E-state index in [0.29, 0.717) is 0 Å². The van der Waals surface area contributed by atoms with E-state index in [2.05, 4.69) is 4.98 Å². The van der Waals surface area contributed by atoms with Crippen LogP contribution >= 0.6 is 11.8 Å². The Balaban J connectivity index is 2.18. The lowest BCUT2D eigenvalue weighted by Crippen LogP contribution is -2.45. The average molecular weight is 362 g/mol. The summed E-state index contributed by atoms with van der Waals surface area (Å²) in [4.78, 5) is 19.2. The van der Waals surface area contributed by atoms with E-state index in [-0.39, 0.29) is 23.2 Å². The standard InChI is InChI=1S/C19H27N3O2S/c1-13(2)22(14(3)4)18(23)15(5)25-19-20-11-12-21(19)16-7-9-17(24-6)10-8-16/h7-15H,1-6H3/t15-/m1/s1. The number of thioether (sulfide) groups is 1. The predicted octanol–water partition coefficient (Wildman–Crippen LogP) is 4.01. The molecule has 1 amide bonds. The summed E-state index contributed by atoms with van der Waals surface area (Å²) >= 11 is 1.48. The zero-order valence-corrected chi connectivity index (χ0v) is 16.6. The van der Waals surface area contributed by atoms with E-state index in [0.717, 1.165) is 16.6 Å². The Morgan fingerprint density at radius 2 is 1.72 bits per heavy atom. The maximum atomic E-state index is 12.8. The van der Waals surface area contributed by atoms with Gasteiger partial charge in [-0.05, 0) is 58.9 Å². The van der Waals surface area contributed by atoms with Crippen LogP contribution in [-0.4, -0.2) is 44.8 Å². The lowest BCUT2D eigenvalue weighted by atomic mass is 10.2. The molecule has 0 spiro atoms. The van der Waals surface area contributed by atoms with Crippen LogP contribution in [-0.2, 0) is 4.79 Å². The largest absolute Gasteiger partial charge is 0.497 e. The van der Waals surface area contributed by atoms with Crippen LogP contribution in [0.3, 0.4) is 0 Å². The topological polar surface area (TPSA) is 47.4 Å². The molecule has 0 bridgehead atoms. The van der Waals surface area contributed by atoms with E-state index in [1.165, 1.54) is 11.8 Å². The zero-order valence-electron chi connectivity index (χ0n) is 15.8. The Hall–Kier alpha value is -1.95. The number of aromatic nitrogens is 2. The SMILES string of the molecule is COc1ccc(-n2ccnc2S[C@H](C)C(=O)N(C(C)C)C(C)C)cc1. The first kappa shape index (κ1) is 19.4. The third kappa shape index (κ3) is 4.57. The van der Waals surface area contributed by atoms with Gasteiger partial charge in [0, 0.05) is 30.2 Å². The highest BCUT2D eigenvalue weighted by Crippen LogP contribution is 2.27. The molecule has 0 saturated heterocycles. The monoisotopic (exact) mass is 361 g/mol. The summed E-state index contributed by atoms with van der Waals surface area (Å²) in [6.45, 7) is 10.1. The summed E-state index contributed by atoms with van der Waals surface area (Å²) in [6.07, 6.45) is 3.66. The maximum absolute atomic E-state index is 12.8. The third-order valence-electron chi connectivity index (χ3n) is 3.95. The van der Waals surface area contributed by atoms with Crippen LogP contribution in [0.1, 0.15) is 34.6 Å². The van der Waals surface area contributed by atoms with Crippen molar-refractivity contribution >= 4 is 17.7 Å². The minimum Gasteiger partial charge on any atom is -0.497 e. The Bertz CT molecular complexity index is 687. The Morgan fingerprint density at radius 3 is 2.24 bits per heavy atom. The van der Waals surface area contributed by atoms with E-state index in [1.54, 1.807) is 13.3 Å². The van der Waals surface area contributed by atoms with E-state index in [4.69, 9.17) is 4.74 Å². The molecule has 6 heteroatoms. The molecule has 1 heterocycles. The molecule has 0 radical (unpaired) electrons. The minimum atomic E-state index is -0.204. The van der Waals surface area contributed by atoms with Crippen LogP contribution in [0.2, 0.25) is 0 Å². The van der Waals surface area contributed by atoms with Gasteiger partial charge in [0.1, 0.15) is 5.75 Å². The van der Waals surface area contributed by atoms with Crippen LogP contribution in [0.15, 0.2) is 41.8 Å². The van der Waals surface area contributed by atoms with Crippen LogP contribution in [0.4, 0.5) is 0 Å². The molecule has 25 heavy (non-hydrogen) atoms. The number of ether oxygens (including phenoxy) is 1. The molecular weight excluding hydrogens is 334 g/mol. The van der Waals surface area contributed by atoms with Gasteiger partial charge in [0.15, 0.2) is 5.16 Å². The first-order valence-electron chi connectivity index (χ1n) is 8.51. The first-order valence-corrected chi connectivity index (χ1v) is 9.39. The molecule has 1 aromatic heterocycles. The number of carbonyl (C=O) groups is 1. The van der Waals surface area contributed by atoms with E-state index in [1.807, 2.05) is 74.5 Å². The summed E-state index contributed by atoms with van der Waals surface area (Å²) in [5.41, 5.74) is 0.991. The van der Waals surface area contributed by atoms with Gasteiger partial charge in [0.05, 0.1) is 12.4 Å². The lowest BCUT2D eigenvalue weighted by molar-refractivity contribution is -0.133. The van der Waals surface area contributed by atoms with Crippen molar-refractivity contribution in [1.29, 1.82) is 0 Å². The fraction of sp³-hybridized carbons (Fsp3) is 0.474. The van der Waals surface area contributed by atoms with E-state index in [9.17, 15) is 4.79 Å². The van der Waals surface area contributed by atoms with Crippen LogP contribution in [0.5, 0.6) is 5.75 Å². The average Bonchev–Trinajstić information content (AvgIpc) is 3.02. The van der Waals surface area contributed by atoms with Crippen molar-refractivity contribution in [3.05, 3.63) is 36.7 Å². The maximum Gasteiger partial charge on any atom is 0.236 e. The Kier molecular flexibility index (Phi) is 6.53. The third-order valence-corrected chi connectivity index (χ3v) is 5.02. The number of benzene rings is 1. The van der Waals surface area contributed by atoms with Crippen LogP contribution < -0.4 is 4.74 Å². The molecule has 0 aliphatic rings. The summed E-state index contributed by atoms with van der Waals surface area (Å²) in [5.74, 6) is 0.949. The second-order valence-corrected chi connectivity index (χ2v) is 7.78. The van der Waals surface area contributed by atoms with Gasteiger partial charge in [-0.2, -0.15) is 0 Å². The number of hydrogen-bond donors (Lipinski definition) is 0. The molecule has 2 rings (SSSR count). The molecule has 1 aromatic carbocycles. The second kappa shape index (κ2) is 8.43. The molecule has 0 fully saturated rings. The number of carbonyl (C=O) groups excluding carboxylic acids is 1. The number of hydrogen-bond acceptors (Lipinski definition) is 4. The fourth-order valence-electron chi connectivity index (χ4n) is 2.84.